The molecule has 1 amide bonds. The van der Waals surface area contributed by atoms with E-state index in [9.17, 15) is 14.7 Å². The van der Waals surface area contributed by atoms with Crippen LogP contribution in [0.3, 0.4) is 0 Å². The van der Waals surface area contributed by atoms with E-state index in [0.29, 0.717) is 12.2 Å². The molecule has 174 valence electrons. The van der Waals surface area contributed by atoms with E-state index in [1.807, 2.05) is 18.2 Å². The number of hydrogen-bond acceptors (Lipinski definition) is 5. The molecule has 0 saturated heterocycles. The minimum absolute atomic E-state index is 0.00246. The number of amides is 1. The van der Waals surface area contributed by atoms with Crippen LogP contribution in [0.4, 0.5) is 0 Å². The Balaban J connectivity index is 1.56. The molecule has 0 spiro atoms. The summed E-state index contributed by atoms with van der Waals surface area (Å²) in [5.74, 6) is -1.29. The summed E-state index contributed by atoms with van der Waals surface area (Å²) in [5.41, 5.74) is 4.53. The van der Waals surface area contributed by atoms with Crippen LogP contribution < -0.4 is 10.8 Å². The average Bonchev–Trinajstić information content (AvgIpc) is 3.28. The summed E-state index contributed by atoms with van der Waals surface area (Å²) in [6.07, 6.45) is 11.1. The van der Waals surface area contributed by atoms with E-state index < -0.39 is 17.4 Å². The van der Waals surface area contributed by atoms with Crippen molar-refractivity contribution in [2.75, 3.05) is 0 Å². The van der Waals surface area contributed by atoms with Gasteiger partial charge in [0.15, 0.2) is 0 Å². The van der Waals surface area contributed by atoms with Crippen molar-refractivity contribution in [3.63, 3.8) is 0 Å². The summed E-state index contributed by atoms with van der Waals surface area (Å²) in [6.45, 7) is 0.407. The van der Waals surface area contributed by atoms with Crippen LogP contribution in [-0.4, -0.2) is 32.7 Å². The Morgan fingerprint density at radius 3 is 2.30 bits per heavy atom. The number of carbonyl (C=O) groups excluding carboxylic acids is 1. The van der Waals surface area contributed by atoms with Crippen LogP contribution in [0.1, 0.15) is 54.5 Å². The highest BCUT2D eigenvalue weighted by atomic mass is 16.5. The molecule has 0 radical (unpaired) electrons. The number of carbonyl (C=O) groups is 2. The van der Waals surface area contributed by atoms with Gasteiger partial charge in [0.1, 0.15) is 5.54 Å². The quantitative estimate of drug-likeness (QED) is 0.279. The molecular formula is C26H31N3O4. The third-order valence-corrected chi connectivity index (χ3v) is 7.25. The predicted molar refractivity (Wildman–Crippen MR) is 124 cm³/mol. The molecule has 1 fully saturated rings. The lowest BCUT2D eigenvalue weighted by molar-refractivity contribution is -0.152. The molecule has 2 aliphatic carbocycles. The van der Waals surface area contributed by atoms with E-state index >= 15 is 0 Å². The van der Waals surface area contributed by atoms with Gasteiger partial charge in [-0.25, -0.2) is 5.48 Å². The zero-order valence-electron chi connectivity index (χ0n) is 18.7. The zero-order chi connectivity index (χ0) is 23.3. The largest absolute Gasteiger partial charge is 0.480 e. The van der Waals surface area contributed by atoms with E-state index in [1.54, 1.807) is 12.3 Å². The van der Waals surface area contributed by atoms with E-state index in [2.05, 4.69) is 22.4 Å². The number of benzene rings is 1. The summed E-state index contributed by atoms with van der Waals surface area (Å²) in [6, 6.07) is 12.0. The molecule has 2 aromatic rings. The van der Waals surface area contributed by atoms with Gasteiger partial charge in [-0.2, -0.15) is 0 Å². The highest BCUT2D eigenvalue weighted by Gasteiger charge is 2.52. The van der Waals surface area contributed by atoms with Gasteiger partial charge in [-0.3, -0.25) is 25.1 Å². The van der Waals surface area contributed by atoms with Crippen molar-refractivity contribution in [3.8, 4) is 0 Å². The predicted octanol–water partition coefficient (Wildman–Crippen LogP) is 3.51. The molecular weight excluding hydrogens is 418 g/mol. The third-order valence-electron chi connectivity index (χ3n) is 7.25. The first-order chi connectivity index (χ1) is 16.0. The Morgan fingerprint density at radius 1 is 1.03 bits per heavy atom. The smallest absolute Gasteiger partial charge is 0.324 e. The fraction of sp³-hybridized carbons (Fsp3) is 0.423. The monoisotopic (exact) mass is 449 g/mol. The molecule has 1 aromatic heterocycles. The number of carboxylic acid groups (broad SMARTS) is 1. The Morgan fingerprint density at radius 2 is 1.73 bits per heavy atom. The molecule has 7 heteroatoms. The first-order valence-electron chi connectivity index (χ1n) is 11.6. The van der Waals surface area contributed by atoms with Gasteiger partial charge in [0.05, 0.1) is 5.69 Å². The molecule has 1 heterocycles. The van der Waals surface area contributed by atoms with Crippen LogP contribution >= 0.6 is 0 Å². The topological polar surface area (TPSA) is 112 Å². The minimum atomic E-state index is -0.989. The number of fused-ring (bicyclic) bond motifs is 1. The molecule has 4 rings (SSSR count). The lowest BCUT2D eigenvalue weighted by Gasteiger charge is -2.44. The van der Waals surface area contributed by atoms with Crippen LogP contribution in [-0.2, 0) is 29.0 Å². The Bertz CT molecular complexity index is 989. The molecule has 0 unspecified atom stereocenters. The number of nitrogens with one attached hydrogen (secondary N) is 2. The third kappa shape index (κ3) is 4.99. The molecule has 2 aliphatic rings. The zero-order valence-corrected chi connectivity index (χ0v) is 18.7. The summed E-state index contributed by atoms with van der Waals surface area (Å²) in [4.78, 5) is 28.4. The number of aliphatic carboxylic acids is 1. The van der Waals surface area contributed by atoms with Crippen molar-refractivity contribution in [1.29, 1.82) is 0 Å². The van der Waals surface area contributed by atoms with E-state index in [-0.39, 0.29) is 11.8 Å². The molecule has 1 aromatic carbocycles. The molecule has 4 N–H and O–H groups in total. The SMILES string of the molecule is O=C(C=Cc1ccc(CN[C@@](C(=O)O)(C2CCCCC2)C2Cc3ccccc3C2)cn1)NO. The normalized spacial score (nSPS) is 18.7. The van der Waals surface area contributed by atoms with Gasteiger partial charge < -0.3 is 5.11 Å². The minimum Gasteiger partial charge on any atom is -0.480 e. The molecule has 0 bridgehead atoms. The van der Waals surface area contributed by atoms with Crippen LogP contribution in [0.25, 0.3) is 6.08 Å². The number of carboxylic acids is 1. The maximum Gasteiger partial charge on any atom is 0.324 e. The number of pyridine rings is 1. The summed E-state index contributed by atoms with van der Waals surface area (Å²) in [5, 5.41) is 22.7. The van der Waals surface area contributed by atoms with Crippen LogP contribution in [0.2, 0.25) is 0 Å². The number of hydroxylamine groups is 1. The summed E-state index contributed by atoms with van der Waals surface area (Å²) < 4.78 is 0. The summed E-state index contributed by atoms with van der Waals surface area (Å²) in [7, 11) is 0. The Hall–Kier alpha value is -3.03. The second-order valence-corrected chi connectivity index (χ2v) is 9.14. The maximum atomic E-state index is 13.0. The Kier molecular flexibility index (Phi) is 7.20. The van der Waals surface area contributed by atoms with E-state index in [4.69, 9.17) is 5.21 Å². The number of nitrogens with zero attached hydrogens (tertiary/aromatic N) is 1. The standard InChI is InChI=1S/C26H31N3O4/c30-24(29-33)13-12-23-11-10-18(16-27-23)17-28-26(25(31)32,21-8-2-1-3-9-21)22-14-19-6-4-5-7-20(19)15-22/h4-7,10-13,16,21-22,28,33H,1-3,8-9,14-15,17H2,(H,29,30)(H,31,32)/t26-/m0/s1. The molecule has 1 saturated carbocycles. The van der Waals surface area contributed by atoms with Crippen molar-refractivity contribution in [2.24, 2.45) is 11.8 Å². The van der Waals surface area contributed by atoms with Crippen molar-refractivity contribution >= 4 is 18.0 Å². The van der Waals surface area contributed by atoms with Gasteiger partial charge in [-0.1, -0.05) is 49.6 Å². The highest BCUT2D eigenvalue weighted by molar-refractivity contribution is 5.90. The van der Waals surface area contributed by atoms with Gasteiger partial charge >= 0.3 is 5.97 Å². The molecule has 1 atom stereocenters. The average molecular weight is 450 g/mol. The van der Waals surface area contributed by atoms with Gasteiger partial charge in [0.25, 0.3) is 5.91 Å². The number of hydrogen-bond donors (Lipinski definition) is 4. The van der Waals surface area contributed by atoms with Gasteiger partial charge in [0, 0.05) is 18.8 Å². The fourth-order valence-electron chi connectivity index (χ4n) is 5.57. The molecule has 7 nitrogen and oxygen atoms in total. The second kappa shape index (κ2) is 10.3. The first kappa shape index (κ1) is 23.1. The van der Waals surface area contributed by atoms with Crippen molar-refractivity contribution in [1.82, 2.24) is 15.8 Å². The lowest BCUT2D eigenvalue weighted by atomic mass is 9.67. The van der Waals surface area contributed by atoms with Gasteiger partial charge in [-0.05, 0) is 66.4 Å². The summed E-state index contributed by atoms with van der Waals surface area (Å²) >= 11 is 0. The Labute approximate surface area is 193 Å². The number of aromatic nitrogens is 1. The van der Waals surface area contributed by atoms with E-state index in [1.165, 1.54) is 35.2 Å². The lowest BCUT2D eigenvalue weighted by Crippen LogP contribution is -2.62. The van der Waals surface area contributed by atoms with Crippen LogP contribution in [0.15, 0.2) is 48.7 Å². The first-order valence-corrected chi connectivity index (χ1v) is 11.6. The van der Waals surface area contributed by atoms with Crippen LogP contribution in [0, 0.1) is 11.8 Å². The fourth-order valence-corrected chi connectivity index (χ4v) is 5.57. The second-order valence-electron chi connectivity index (χ2n) is 9.14. The molecule has 33 heavy (non-hydrogen) atoms. The van der Waals surface area contributed by atoms with Crippen LogP contribution in [0.5, 0.6) is 0 Å². The van der Waals surface area contributed by atoms with Gasteiger partial charge in [0.2, 0.25) is 0 Å². The highest BCUT2D eigenvalue weighted by Crippen LogP contribution is 2.43. The van der Waals surface area contributed by atoms with E-state index in [0.717, 1.165) is 44.1 Å². The maximum absolute atomic E-state index is 13.0. The van der Waals surface area contributed by atoms with Gasteiger partial charge in [-0.15, -0.1) is 0 Å². The molecule has 0 aliphatic heterocycles. The van der Waals surface area contributed by atoms with Crippen molar-refractivity contribution in [2.45, 2.75) is 57.0 Å². The van der Waals surface area contributed by atoms with Crippen molar-refractivity contribution in [3.05, 3.63) is 71.1 Å². The number of rotatable bonds is 8. The van der Waals surface area contributed by atoms with Crippen molar-refractivity contribution < 1.29 is 19.9 Å².